The Morgan fingerprint density at radius 1 is 0.929 bits per heavy atom. The van der Waals surface area contributed by atoms with Crippen LogP contribution in [0.1, 0.15) is 40.0 Å². The molecule has 14 heavy (non-hydrogen) atoms. The highest BCUT2D eigenvalue weighted by molar-refractivity contribution is 6.57. The summed E-state index contributed by atoms with van der Waals surface area (Å²) >= 11 is 0. The average Bonchev–Trinajstić information content (AvgIpc) is 2.21. The van der Waals surface area contributed by atoms with Crippen LogP contribution in [0, 0.1) is 0 Å². The van der Waals surface area contributed by atoms with E-state index in [1.54, 1.807) is 0 Å². The van der Waals surface area contributed by atoms with Crippen molar-refractivity contribution in [2.75, 3.05) is 19.6 Å². The summed E-state index contributed by atoms with van der Waals surface area (Å²) in [6, 6.07) is 0. The minimum absolute atomic E-state index is 0.936. The Hall–Kier alpha value is 0.0249. The Balaban J connectivity index is 3.33. The molecular weight excluding hydrogens is 169 g/mol. The Bertz CT molecular complexity index is 113. The number of unbranched alkanes of at least 4 members (excludes halogenated alkanes) is 1. The fourth-order valence-electron chi connectivity index (χ4n) is 1.90. The topological polar surface area (TPSA) is 3.24 Å². The van der Waals surface area contributed by atoms with Crippen molar-refractivity contribution in [3.63, 3.8) is 0 Å². The summed E-state index contributed by atoms with van der Waals surface area (Å²) in [7, 11) is 0. The van der Waals surface area contributed by atoms with E-state index in [1.165, 1.54) is 51.5 Å². The third-order valence-electron chi connectivity index (χ3n) is 3.12. The van der Waals surface area contributed by atoms with E-state index in [4.69, 9.17) is 0 Å². The Morgan fingerprint density at radius 2 is 1.50 bits per heavy atom. The molecule has 0 saturated carbocycles. The quantitative estimate of drug-likeness (QED) is 0.510. The Kier molecular flexibility index (Phi) is 9.59. The Morgan fingerprint density at radius 3 is 2.00 bits per heavy atom. The van der Waals surface area contributed by atoms with E-state index in [1.807, 2.05) is 0 Å². The van der Waals surface area contributed by atoms with Gasteiger partial charge < -0.3 is 4.90 Å². The van der Waals surface area contributed by atoms with Crippen LogP contribution in [0.2, 0.25) is 19.5 Å². The van der Waals surface area contributed by atoms with Gasteiger partial charge in [-0.25, -0.2) is 0 Å². The second-order valence-corrected chi connectivity index (χ2v) is 4.42. The van der Waals surface area contributed by atoms with Gasteiger partial charge in [0.1, 0.15) is 6.71 Å². The van der Waals surface area contributed by atoms with Gasteiger partial charge in [0.25, 0.3) is 0 Å². The van der Waals surface area contributed by atoms with Gasteiger partial charge in [-0.05, 0) is 26.1 Å². The predicted molar refractivity (Wildman–Crippen MR) is 68.5 cm³/mol. The summed E-state index contributed by atoms with van der Waals surface area (Å²) in [5.74, 6) is 0. The largest absolute Gasteiger partial charge is 0.304 e. The van der Waals surface area contributed by atoms with Gasteiger partial charge in [0.2, 0.25) is 0 Å². The monoisotopic (exact) mass is 197 g/mol. The fourth-order valence-corrected chi connectivity index (χ4v) is 1.90. The molecule has 1 nitrogen and oxygen atoms in total. The second kappa shape index (κ2) is 9.58. The molecule has 0 fully saturated rings. The molecule has 0 N–H and O–H groups in total. The van der Waals surface area contributed by atoms with Gasteiger partial charge in [-0.2, -0.15) is 0 Å². The lowest BCUT2D eigenvalue weighted by Gasteiger charge is -2.18. The second-order valence-electron chi connectivity index (χ2n) is 4.42. The first kappa shape index (κ1) is 14.0. The lowest BCUT2D eigenvalue weighted by Crippen LogP contribution is -2.24. The molecule has 0 amide bonds. The molecule has 0 saturated heterocycles. The molecule has 0 aliphatic rings. The van der Waals surface area contributed by atoms with Crippen LogP contribution in [0.5, 0.6) is 0 Å². The molecule has 0 atom stereocenters. The van der Waals surface area contributed by atoms with Crippen LogP contribution >= 0.6 is 0 Å². The van der Waals surface area contributed by atoms with Crippen molar-refractivity contribution in [2.45, 2.75) is 59.5 Å². The summed E-state index contributed by atoms with van der Waals surface area (Å²) in [4.78, 5) is 2.52. The zero-order chi connectivity index (χ0) is 10.8. The van der Waals surface area contributed by atoms with Crippen molar-refractivity contribution in [1.29, 1.82) is 0 Å². The van der Waals surface area contributed by atoms with E-state index < -0.39 is 0 Å². The highest BCUT2D eigenvalue weighted by atomic mass is 15.1. The van der Waals surface area contributed by atoms with Gasteiger partial charge >= 0.3 is 0 Å². The molecule has 0 bridgehead atoms. The van der Waals surface area contributed by atoms with Crippen molar-refractivity contribution < 1.29 is 0 Å². The zero-order valence-corrected chi connectivity index (χ0v) is 10.7. The summed E-state index contributed by atoms with van der Waals surface area (Å²) < 4.78 is 0. The van der Waals surface area contributed by atoms with Gasteiger partial charge in [-0.15, -0.1) is 0 Å². The van der Waals surface area contributed by atoms with Crippen molar-refractivity contribution in [1.82, 2.24) is 4.90 Å². The molecule has 84 valence electrons. The maximum absolute atomic E-state index is 2.52. The molecule has 0 aromatic heterocycles. The number of hydrogen-bond donors (Lipinski definition) is 0. The highest BCUT2D eigenvalue weighted by Crippen LogP contribution is 2.08. The molecule has 0 heterocycles. The third-order valence-corrected chi connectivity index (χ3v) is 3.12. The summed E-state index contributed by atoms with van der Waals surface area (Å²) in [5.41, 5.74) is 0. The van der Waals surface area contributed by atoms with Crippen molar-refractivity contribution in [2.24, 2.45) is 0 Å². The maximum atomic E-state index is 2.52. The van der Waals surface area contributed by atoms with E-state index in [9.17, 15) is 0 Å². The first-order valence-electron chi connectivity index (χ1n) is 6.46. The molecule has 0 aliphatic heterocycles. The lowest BCUT2D eigenvalue weighted by atomic mass is 9.46. The first-order valence-corrected chi connectivity index (χ1v) is 6.46. The molecule has 0 aromatic rings. The number of hydrogen-bond acceptors (Lipinski definition) is 1. The average molecular weight is 197 g/mol. The van der Waals surface area contributed by atoms with Crippen molar-refractivity contribution >= 4 is 6.71 Å². The minimum Gasteiger partial charge on any atom is -0.304 e. The zero-order valence-electron chi connectivity index (χ0n) is 10.7. The van der Waals surface area contributed by atoms with Crippen LogP contribution in [-0.2, 0) is 0 Å². The highest BCUT2D eigenvalue weighted by Gasteiger charge is 2.06. The molecule has 0 unspecified atom stereocenters. The van der Waals surface area contributed by atoms with E-state index in [0.717, 1.165) is 6.71 Å². The summed E-state index contributed by atoms with van der Waals surface area (Å²) in [5, 5.41) is 0. The van der Waals surface area contributed by atoms with Gasteiger partial charge in [0, 0.05) is 0 Å². The normalized spacial score (nSPS) is 10.9. The smallest absolute Gasteiger partial charge is 0.136 e. The van der Waals surface area contributed by atoms with E-state index >= 15 is 0 Å². The van der Waals surface area contributed by atoms with Gasteiger partial charge in [0.05, 0.1) is 0 Å². The van der Waals surface area contributed by atoms with Gasteiger partial charge in [0.15, 0.2) is 0 Å². The van der Waals surface area contributed by atoms with Crippen LogP contribution in [0.15, 0.2) is 0 Å². The van der Waals surface area contributed by atoms with E-state index in [-0.39, 0.29) is 0 Å². The SMILES string of the molecule is CCCCB(C)CCCN(CC)CC. The molecule has 0 spiro atoms. The predicted octanol–water partition coefficient (Wildman–Crippen LogP) is 3.64. The summed E-state index contributed by atoms with van der Waals surface area (Å²) in [6.07, 6.45) is 6.98. The summed E-state index contributed by atoms with van der Waals surface area (Å²) in [6.45, 7) is 13.8. The Labute approximate surface area is 91.3 Å². The van der Waals surface area contributed by atoms with Crippen molar-refractivity contribution in [3.05, 3.63) is 0 Å². The molecule has 0 aliphatic carbocycles. The fraction of sp³-hybridized carbons (Fsp3) is 1.00. The van der Waals surface area contributed by atoms with E-state index in [0.29, 0.717) is 0 Å². The molecule has 0 aromatic carbocycles. The van der Waals surface area contributed by atoms with Gasteiger partial charge in [-0.1, -0.05) is 53.1 Å². The molecule has 0 rings (SSSR count). The van der Waals surface area contributed by atoms with E-state index in [2.05, 4.69) is 32.5 Å². The van der Waals surface area contributed by atoms with Crippen LogP contribution in [0.3, 0.4) is 0 Å². The van der Waals surface area contributed by atoms with Crippen LogP contribution in [-0.4, -0.2) is 31.2 Å². The molecule has 2 heteroatoms. The van der Waals surface area contributed by atoms with Crippen LogP contribution in [0.4, 0.5) is 0 Å². The molecular formula is C12H28BN. The van der Waals surface area contributed by atoms with Gasteiger partial charge in [-0.3, -0.25) is 0 Å². The lowest BCUT2D eigenvalue weighted by molar-refractivity contribution is 0.304. The number of nitrogens with zero attached hydrogens (tertiary/aromatic N) is 1. The van der Waals surface area contributed by atoms with Crippen LogP contribution in [0.25, 0.3) is 0 Å². The number of rotatable bonds is 9. The first-order chi connectivity index (χ1) is 6.74. The standard InChI is InChI=1S/C12H28BN/c1-5-8-10-13(4)11-9-12-14(6-2)7-3/h5-12H2,1-4H3. The third kappa shape index (κ3) is 7.43. The maximum Gasteiger partial charge on any atom is 0.136 e. The molecule has 0 radical (unpaired) electrons. The van der Waals surface area contributed by atoms with Crippen LogP contribution < -0.4 is 0 Å². The minimum atomic E-state index is 0.936. The van der Waals surface area contributed by atoms with Crippen molar-refractivity contribution in [3.8, 4) is 0 Å².